The Morgan fingerprint density at radius 3 is 2.61 bits per heavy atom. The molecular weight excluding hydrogens is 566 g/mol. The number of nitrogens with zero attached hydrogens (tertiary/aromatic N) is 1. The molecule has 3 amide bonds. The smallest absolute Gasteiger partial charge is 0.330 e. The lowest BCUT2D eigenvalue weighted by molar-refractivity contribution is -0.175. The summed E-state index contributed by atoms with van der Waals surface area (Å²) in [4.78, 5) is 63.8. The number of nitrogens with two attached hydrogens (primary N) is 1. The van der Waals surface area contributed by atoms with Crippen LogP contribution in [0.25, 0.3) is 0 Å². The van der Waals surface area contributed by atoms with E-state index < -0.39 is 78.1 Å². The van der Waals surface area contributed by atoms with E-state index in [0.29, 0.717) is 11.5 Å². The molecule has 1 aromatic rings. The van der Waals surface area contributed by atoms with Crippen LogP contribution in [0.4, 0.5) is 0 Å². The van der Waals surface area contributed by atoms with Gasteiger partial charge in [0, 0.05) is 48.9 Å². The SMILES string of the molecule is COC1C(O)C(n2ccc(=O)[nH]c2=O)OC1C(OC1CC(C(=O)NC2CSCC(C)NC2=O)=CC(O)C1O)C(N)=O. The van der Waals surface area contributed by atoms with Gasteiger partial charge in [-0.05, 0) is 13.0 Å². The molecule has 0 bridgehead atoms. The van der Waals surface area contributed by atoms with E-state index in [1.54, 1.807) is 0 Å². The predicted octanol–water partition coefficient (Wildman–Crippen LogP) is -4.16. The molecule has 8 N–H and O–H groups in total. The quantitative estimate of drug-likeness (QED) is 0.151. The second kappa shape index (κ2) is 12.8. The molecule has 0 saturated carbocycles. The van der Waals surface area contributed by atoms with Crippen LogP contribution in [0, 0.1) is 0 Å². The summed E-state index contributed by atoms with van der Waals surface area (Å²) in [5, 5.41) is 37.3. The fourth-order valence-corrected chi connectivity index (χ4v) is 6.00. The highest BCUT2D eigenvalue weighted by Crippen LogP contribution is 2.34. The van der Waals surface area contributed by atoms with Crippen molar-refractivity contribution in [3.8, 4) is 0 Å². The molecule has 10 atom stereocenters. The van der Waals surface area contributed by atoms with Crippen LogP contribution in [0.2, 0.25) is 0 Å². The fourth-order valence-electron chi connectivity index (χ4n) is 4.95. The number of aliphatic hydroxyl groups is 3. The zero-order valence-electron chi connectivity index (χ0n) is 22.2. The zero-order valence-corrected chi connectivity index (χ0v) is 23.0. The van der Waals surface area contributed by atoms with Crippen molar-refractivity contribution in [1.29, 1.82) is 0 Å². The summed E-state index contributed by atoms with van der Waals surface area (Å²) in [6.45, 7) is 1.84. The Morgan fingerprint density at radius 2 is 1.95 bits per heavy atom. The molecular formula is C24H33N5O11S. The first-order valence-electron chi connectivity index (χ1n) is 12.8. The van der Waals surface area contributed by atoms with Crippen molar-refractivity contribution in [1.82, 2.24) is 20.2 Å². The molecule has 2 fully saturated rings. The topological polar surface area (TPSA) is 245 Å². The Hall–Kier alpha value is -3.06. The van der Waals surface area contributed by atoms with Gasteiger partial charge in [-0.3, -0.25) is 28.7 Å². The van der Waals surface area contributed by atoms with Crippen molar-refractivity contribution in [2.24, 2.45) is 5.73 Å². The summed E-state index contributed by atoms with van der Waals surface area (Å²) in [5.74, 6) is -1.09. The number of rotatable bonds is 8. The van der Waals surface area contributed by atoms with Crippen LogP contribution in [0.1, 0.15) is 19.6 Å². The number of hydrogen-bond donors (Lipinski definition) is 7. The summed E-state index contributed by atoms with van der Waals surface area (Å²) in [7, 11) is 1.22. The maximum atomic E-state index is 13.0. The molecule has 1 aromatic heterocycles. The van der Waals surface area contributed by atoms with Gasteiger partial charge in [0.2, 0.25) is 17.7 Å². The van der Waals surface area contributed by atoms with Crippen molar-refractivity contribution >= 4 is 29.5 Å². The Labute approximate surface area is 237 Å². The Kier molecular flexibility index (Phi) is 9.68. The molecule has 16 nitrogen and oxygen atoms in total. The Morgan fingerprint density at radius 1 is 1.22 bits per heavy atom. The third-order valence-corrected chi connectivity index (χ3v) is 8.33. The number of hydrogen-bond acceptors (Lipinski definition) is 12. The third-order valence-electron chi connectivity index (χ3n) is 7.03. The van der Waals surface area contributed by atoms with Gasteiger partial charge in [-0.15, -0.1) is 0 Å². The van der Waals surface area contributed by atoms with Gasteiger partial charge in [0.15, 0.2) is 12.3 Å². The number of thioether (sulfide) groups is 1. The van der Waals surface area contributed by atoms with Gasteiger partial charge in [-0.1, -0.05) is 0 Å². The summed E-state index contributed by atoms with van der Waals surface area (Å²) < 4.78 is 17.8. The van der Waals surface area contributed by atoms with Gasteiger partial charge in [-0.25, -0.2) is 4.79 Å². The van der Waals surface area contributed by atoms with Crippen LogP contribution < -0.4 is 27.6 Å². The first-order chi connectivity index (χ1) is 19.4. The lowest BCUT2D eigenvalue weighted by Crippen LogP contribution is -2.54. The number of ether oxygens (including phenoxy) is 3. The number of H-pyrrole nitrogens is 1. The number of carbonyl (C=O) groups is 3. The minimum absolute atomic E-state index is 0.000508. The molecule has 0 aromatic carbocycles. The first kappa shape index (κ1) is 30.9. The highest BCUT2D eigenvalue weighted by molar-refractivity contribution is 7.99. The zero-order chi connectivity index (χ0) is 30.0. The fraction of sp³-hybridized carbons (Fsp3) is 0.625. The van der Waals surface area contributed by atoms with E-state index in [4.69, 9.17) is 19.9 Å². The molecule has 17 heteroatoms. The summed E-state index contributed by atoms with van der Waals surface area (Å²) >= 11 is 1.49. The minimum Gasteiger partial charge on any atom is -0.387 e. The van der Waals surface area contributed by atoms with E-state index >= 15 is 0 Å². The van der Waals surface area contributed by atoms with E-state index in [0.717, 1.165) is 22.9 Å². The third kappa shape index (κ3) is 6.72. The molecule has 0 radical (unpaired) electrons. The van der Waals surface area contributed by atoms with E-state index in [9.17, 15) is 39.3 Å². The summed E-state index contributed by atoms with van der Waals surface area (Å²) in [5.41, 5.74) is 4.02. The summed E-state index contributed by atoms with van der Waals surface area (Å²) in [6.07, 6.45) is -9.82. The number of aromatic amines is 1. The van der Waals surface area contributed by atoms with Crippen LogP contribution in [0.15, 0.2) is 33.5 Å². The predicted molar refractivity (Wildman–Crippen MR) is 141 cm³/mol. The van der Waals surface area contributed by atoms with Crippen LogP contribution in [-0.4, -0.2) is 116 Å². The van der Waals surface area contributed by atoms with Crippen LogP contribution in [0.5, 0.6) is 0 Å². The van der Waals surface area contributed by atoms with Crippen molar-refractivity contribution in [3.05, 3.63) is 44.8 Å². The summed E-state index contributed by atoms with van der Waals surface area (Å²) in [6, 6.07) is 0.133. The van der Waals surface area contributed by atoms with E-state index in [-0.39, 0.29) is 23.9 Å². The highest BCUT2D eigenvalue weighted by atomic mass is 32.2. The maximum Gasteiger partial charge on any atom is 0.330 e. The van der Waals surface area contributed by atoms with Gasteiger partial charge < -0.3 is 45.9 Å². The average Bonchev–Trinajstić information content (AvgIpc) is 3.14. The van der Waals surface area contributed by atoms with E-state index in [1.165, 1.54) is 18.9 Å². The van der Waals surface area contributed by atoms with Gasteiger partial charge in [0.1, 0.15) is 36.6 Å². The van der Waals surface area contributed by atoms with Crippen molar-refractivity contribution in [3.63, 3.8) is 0 Å². The van der Waals surface area contributed by atoms with Crippen LogP contribution in [-0.2, 0) is 28.6 Å². The molecule has 3 aliphatic rings. The first-order valence-corrected chi connectivity index (χ1v) is 13.9. The number of methoxy groups -OCH3 is 1. The highest BCUT2D eigenvalue weighted by Gasteiger charge is 2.52. The second-order valence-corrected chi connectivity index (χ2v) is 11.1. The van der Waals surface area contributed by atoms with Gasteiger partial charge >= 0.3 is 5.69 Å². The van der Waals surface area contributed by atoms with Crippen molar-refractivity contribution < 1.29 is 43.9 Å². The number of carbonyl (C=O) groups excluding carboxylic acids is 3. The number of primary amides is 1. The molecule has 2 aliphatic heterocycles. The number of aromatic nitrogens is 2. The largest absolute Gasteiger partial charge is 0.387 e. The lowest BCUT2D eigenvalue weighted by atomic mass is 9.91. The van der Waals surface area contributed by atoms with E-state index in [2.05, 4.69) is 10.6 Å². The van der Waals surface area contributed by atoms with Gasteiger partial charge in [0.25, 0.3) is 5.56 Å². The average molecular weight is 600 g/mol. The molecule has 0 spiro atoms. The monoisotopic (exact) mass is 599 g/mol. The normalized spacial score (nSPS) is 34.7. The van der Waals surface area contributed by atoms with Crippen LogP contribution in [0.3, 0.4) is 0 Å². The van der Waals surface area contributed by atoms with Crippen molar-refractivity contribution in [2.45, 2.75) is 74.4 Å². The maximum absolute atomic E-state index is 13.0. The Balaban J connectivity index is 1.51. The number of aliphatic hydroxyl groups excluding tert-OH is 3. The lowest BCUT2D eigenvalue weighted by Gasteiger charge is -2.35. The standard InChI is InChI=1S/C24H33N5O11S/c1-9-7-41-8-11(22(36)26-9)27-21(35)10-5-12(30)15(32)13(6-10)39-19(20(25)34)18-17(38-2)16(33)23(40-18)29-4-3-14(31)28-24(29)37/h3-5,9,11-13,15-19,23,30,32-33H,6-8H2,1-2H3,(H2,25,34)(H,26,36)(H,27,35)(H,28,31,37). The van der Waals surface area contributed by atoms with Crippen LogP contribution >= 0.6 is 11.8 Å². The minimum atomic E-state index is -1.68. The van der Waals surface area contributed by atoms with Gasteiger partial charge in [0.05, 0.1) is 6.10 Å². The Bertz CT molecular complexity index is 1300. The second-order valence-electron chi connectivity index (χ2n) is 10.0. The molecule has 3 heterocycles. The molecule has 226 valence electrons. The molecule has 10 unspecified atom stereocenters. The molecule has 1 aliphatic carbocycles. The number of amides is 3. The number of nitrogens with one attached hydrogen (secondary N) is 3. The van der Waals surface area contributed by atoms with Gasteiger partial charge in [-0.2, -0.15) is 11.8 Å². The molecule has 2 saturated heterocycles. The van der Waals surface area contributed by atoms with Crippen molar-refractivity contribution in [2.75, 3.05) is 18.6 Å². The molecule has 4 rings (SSSR count). The molecule has 41 heavy (non-hydrogen) atoms. The van der Waals surface area contributed by atoms with E-state index in [1.807, 2.05) is 11.9 Å².